The van der Waals surface area contributed by atoms with Crippen LogP contribution in [0.25, 0.3) is 0 Å². The summed E-state index contributed by atoms with van der Waals surface area (Å²) in [5, 5.41) is 2.88. The number of rotatable bonds is 10. The number of methoxy groups -OCH3 is 2. The highest BCUT2D eigenvalue weighted by molar-refractivity contribution is 6.04. The number of anilines is 1. The Labute approximate surface area is 166 Å². The van der Waals surface area contributed by atoms with E-state index in [-0.39, 0.29) is 5.91 Å². The number of ether oxygens (including phenoxy) is 4. The lowest BCUT2D eigenvalue weighted by atomic mass is 10.1. The zero-order valence-electron chi connectivity index (χ0n) is 17.2. The van der Waals surface area contributed by atoms with Gasteiger partial charge in [-0.1, -0.05) is 13.8 Å². The van der Waals surface area contributed by atoms with E-state index in [9.17, 15) is 4.79 Å². The molecule has 0 aliphatic rings. The van der Waals surface area contributed by atoms with E-state index in [0.29, 0.717) is 48.5 Å². The van der Waals surface area contributed by atoms with E-state index in [2.05, 4.69) is 19.2 Å². The number of benzene rings is 2. The number of carbonyl (C=O) groups is 1. The van der Waals surface area contributed by atoms with Crippen LogP contribution in [-0.2, 0) is 11.3 Å². The maximum absolute atomic E-state index is 12.7. The van der Waals surface area contributed by atoms with Gasteiger partial charge in [0.2, 0.25) is 0 Å². The summed E-state index contributed by atoms with van der Waals surface area (Å²) in [7, 11) is 3.12. The molecule has 2 rings (SSSR count). The Bertz CT molecular complexity index is 788. The summed E-state index contributed by atoms with van der Waals surface area (Å²) in [5.41, 5.74) is 2.00. The zero-order chi connectivity index (χ0) is 20.5. The van der Waals surface area contributed by atoms with Crippen LogP contribution in [0.2, 0.25) is 0 Å². The molecular formula is C22H29NO5. The first-order valence-electron chi connectivity index (χ1n) is 9.35. The van der Waals surface area contributed by atoms with Crippen LogP contribution in [0.4, 0.5) is 5.69 Å². The molecule has 1 N–H and O–H groups in total. The Morgan fingerprint density at radius 1 is 1.00 bits per heavy atom. The van der Waals surface area contributed by atoms with Crippen molar-refractivity contribution in [1.29, 1.82) is 0 Å². The van der Waals surface area contributed by atoms with E-state index in [0.717, 1.165) is 11.3 Å². The fourth-order valence-electron chi connectivity index (χ4n) is 2.65. The van der Waals surface area contributed by atoms with Gasteiger partial charge in [0.05, 0.1) is 27.4 Å². The Morgan fingerprint density at radius 2 is 1.71 bits per heavy atom. The van der Waals surface area contributed by atoms with Crippen LogP contribution in [0.15, 0.2) is 36.4 Å². The summed E-state index contributed by atoms with van der Waals surface area (Å²) < 4.78 is 21.9. The minimum absolute atomic E-state index is 0.222. The third kappa shape index (κ3) is 5.89. The molecule has 0 unspecified atom stereocenters. The molecule has 6 nitrogen and oxygen atoms in total. The van der Waals surface area contributed by atoms with Gasteiger partial charge in [0.1, 0.15) is 5.75 Å². The van der Waals surface area contributed by atoms with E-state index in [4.69, 9.17) is 18.9 Å². The predicted octanol–water partition coefficient (Wildman–Crippen LogP) is 4.53. The van der Waals surface area contributed by atoms with E-state index < -0.39 is 0 Å². The molecule has 0 bridgehead atoms. The molecule has 0 saturated heterocycles. The lowest BCUT2D eigenvalue weighted by Crippen LogP contribution is -2.13. The van der Waals surface area contributed by atoms with Crippen molar-refractivity contribution >= 4 is 11.6 Å². The standard InChI is InChI=1S/C22H29NO5/c1-6-28-19-9-7-16(11-17(19)14-27-13-15(2)3)22(24)23-18-8-10-20(25-4)21(12-18)26-5/h7-12,15H,6,13-14H2,1-5H3,(H,23,24). The molecule has 0 radical (unpaired) electrons. The molecule has 2 aromatic carbocycles. The number of hydrogen-bond acceptors (Lipinski definition) is 5. The minimum atomic E-state index is -0.222. The highest BCUT2D eigenvalue weighted by Gasteiger charge is 2.13. The van der Waals surface area contributed by atoms with Gasteiger partial charge in [-0.05, 0) is 43.2 Å². The van der Waals surface area contributed by atoms with Gasteiger partial charge in [0.15, 0.2) is 11.5 Å². The summed E-state index contributed by atoms with van der Waals surface area (Å²) in [6.45, 7) is 7.70. The molecule has 0 aromatic heterocycles. The number of amides is 1. The van der Waals surface area contributed by atoms with Crippen LogP contribution >= 0.6 is 0 Å². The van der Waals surface area contributed by atoms with Gasteiger partial charge in [0, 0.05) is 29.5 Å². The molecule has 0 heterocycles. The maximum atomic E-state index is 12.7. The normalized spacial score (nSPS) is 10.6. The Kier molecular flexibility index (Phi) is 8.14. The molecule has 152 valence electrons. The molecule has 6 heteroatoms. The maximum Gasteiger partial charge on any atom is 0.255 e. The molecule has 0 aliphatic carbocycles. The van der Waals surface area contributed by atoms with Crippen molar-refractivity contribution in [1.82, 2.24) is 0 Å². The van der Waals surface area contributed by atoms with Crippen molar-refractivity contribution in [3.63, 3.8) is 0 Å². The van der Waals surface area contributed by atoms with Crippen LogP contribution in [-0.4, -0.2) is 33.3 Å². The second-order valence-electron chi connectivity index (χ2n) is 6.69. The first-order chi connectivity index (χ1) is 13.5. The summed E-state index contributed by atoms with van der Waals surface area (Å²) in [6, 6.07) is 10.6. The van der Waals surface area contributed by atoms with Crippen molar-refractivity contribution in [3.05, 3.63) is 47.5 Å². The highest BCUT2D eigenvalue weighted by Crippen LogP contribution is 2.30. The van der Waals surface area contributed by atoms with E-state index in [1.165, 1.54) is 0 Å². The van der Waals surface area contributed by atoms with Gasteiger partial charge < -0.3 is 24.3 Å². The lowest BCUT2D eigenvalue weighted by molar-refractivity contribution is 0.0948. The molecule has 0 fully saturated rings. The SMILES string of the molecule is CCOc1ccc(C(=O)Nc2ccc(OC)c(OC)c2)cc1COCC(C)C. The van der Waals surface area contributed by atoms with Crippen LogP contribution in [0.1, 0.15) is 36.7 Å². The fourth-order valence-corrected chi connectivity index (χ4v) is 2.65. The Hall–Kier alpha value is -2.73. The summed E-state index contributed by atoms with van der Waals surface area (Å²) in [5.74, 6) is 2.10. The zero-order valence-corrected chi connectivity index (χ0v) is 17.2. The molecule has 0 atom stereocenters. The lowest BCUT2D eigenvalue weighted by Gasteiger charge is -2.14. The largest absolute Gasteiger partial charge is 0.494 e. The first-order valence-corrected chi connectivity index (χ1v) is 9.35. The van der Waals surface area contributed by atoms with Crippen LogP contribution in [0, 0.1) is 5.92 Å². The average Bonchev–Trinajstić information content (AvgIpc) is 2.68. The van der Waals surface area contributed by atoms with Crippen LogP contribution in [0.3, 0.4) is 0 Å². The van der Waals surface area contributed by atoms with Gasteiger partial charge >= 0.3 is 0 Å². The van der Waals surface area contributed by atoms with Gasteiger partial charge in [-0.25, -0.2) is 0 Å². The summed E-state index contributed by atoms with van der Waals surface area (Å²) >= 11 is 0. The van der Waals surface area contributed by atoms with Gasteiger partial charge in [-0.3, -0.25) is 4.79 Å². The Balaban J connectivity index is 2.17. The average molecular weight is 387 g/mol. The monoisotopic (exact) mass is 387 g/mol. The van der Waals surface area contributed by atoms with Gasteiger partial charge in [-0.15, -0.1) is 0 Å². The molecule has 0 saturated carbocycles. The predicted molar refractivity (Wildman–Crippen MR) is 110 cm³/mol. The van der Waals surface area contributed by atoms with Gasteiger partial charge in [0.25, 0.3) is 5.91 Å². The van der Waals surface area contributed by atoms with Crippen molar-refractivity contribution in [2.24, 2.45) is 5.92 Å². The third-order valence-electron chi connectivity index (χ3n) is 3.97. The van der Waals surface area contributed by atoms with Crippen molar-refractivity contribution in [2.45, 2.75) is 27.4 Å². The second kappa shape index (κ2) is 10.6. The van der Waals surface area contributed by atoms with Crippen molar-refractivity contribution in [3.8, 4) is 17.2 Å². The molecule has 28 heavy (non-hydrogen) atoms. The quantitative estimate of drug-likeness (QED) is 0.649. The van der Waals surface area contributed by atoms with Crippen LogP contribution < -0.4 is 19.5 Å². The fraction of sp³-hybridized carbons (Fsp3) is 0.409. The smallest absolute Gasteiger partial charge is 0.255 e. The topological polar surface area (TPSA) is 66.0 Å². The Morgan fingerprint density at radius 3 is 2.36 bits per heavy atom. The highest BCUT2D eigenvalue weighted by atomic mass is 16.5. The first kappa shape index (κ1) is 21.6. The van der Waals surface area contributed by atoms with E-state index >= 15 is 0 Å². The van der Waals surface area contributed by atoms with Crippen molar-refractivity contribution in [2.75, 3.05) is 32.8 Å². The second-order valence-corrected chi connectivity index (χ2v) is 6.69. The molecule has 1 amide bonds. The van der Waals surface area contributed by atoms with E-state index in [1.807, 2.05) is 6.92 Å². The molecular weight excluding hydrogens is 358 g/mol. The van der Waals surface area contributed by atoms with Gasteiger partial charge in [-0.2, -0.15) is 0 Å². The molecule has 0 aliphatic heterocycles. The molecule has 0 spiro atoms. The summed E-state index contributed by atoms with van der Waals surface area (Å²) in [4.78, 5) is 12.7. The third-order valence-corrected chi connectivity index (χ3v) is 3.97. The minimum Gasteiger partial charge on any atom is -0.494 e. The van der Waals surface area contributed by atoms with E-state index in [1.54, 1.807) is 50.6 Å². The summed E-state index contributed by atoms with van der Waals surface area (Å²) in [6.07, 6.45) is 0. The van der Waals surface area contributed by atoms with Crippen molar-refractivity contribution < 1.29 is 23.7 Å². The van der Waals surface area contributed by atoms with Crippen LogP contribution in [0.5, 0.6) is 17.2 Å². The number of nitrogens with one attached hydrogen (secondary N) is 1. The molecule has 2 aromatic rings. The number of hydrogen-bond donors (Lipinski definition) is 1. The number of carbonyl (C=O) groups excluding carboxylic acids is 1.